The summed E-state index contributed by atoms with van der Waals surface area (Å²) < 4.78 is 7.23. The second-order valence-corrected chi connectivity index (χ2v) is 8.45. The number of amides is 1. The van der Waals surface area contributed by atoms with E-state index in [1.165, 1.54) is 11.8 Å². The molecule has 0 bridgehead atoms. The van der Waals surface area contributed by atoms with E-state index in [9.17, 15) is 4.79 Å². The molecule has 2 aromatic heterocycles. The van der Waals surface area contributed by atoms with E-state index in [0.717, 1.165) is 28.3 Å². The van der Waals surface area contributed by atoms with Crippen LogP contribution in [0.25, 0.3) is 17.1 Å². The third-order valence-electron chi connectivity index (χ3n) is 4.96. The highest BCUT2D eigenvalue weighted by Gasteiger charge is 2.22. The highest BCUT2D eigenvalue weighted by atomic mass is 32.2. The van der Waals surface area contributed by atoms with Crippen LogP contribution in [0.15, 0.2) is 78.2 Å². The highest BCUT2D eigenvalue weighted by molar-refractivity contribution is 8.00. The molecule has 2 heterocycles. The summed E-state index contributed by atoms with van der Waals surface area (Å²) in [7, 11) is 1.63. The standard InChI is InChI=1S/C24H23N5O2S/c1-16-6-4-5-7-21(16)26-23(30)17(2)32-24-28-27-22(18-12-14-25-15-13-18)29(24)19-8-10-20(31-3)11-9-19/h4-15,17H,1-3H3,(H,26,30)/t17-/m0/s1. The van der Waals surface area contributed by atoms with Crippen molar-refractivity contribution >= 4 is 23.4 Å². The van der Waals surface area contributed by atoms with Gasteiger partial charge < -0.3 is 10.1 Å². The van der Waals surface area contributed by atoms with E-state index in [0.29, 0.717) is 11.0 Å². The van der Waals surface area contributed by atoms with Crippen LogP contribution in [0.2, 0.25) is 0 Å². The molecule has 0 saturated heterocycles. The number of benzene rings is 2. The Balaban J connectivity index is 1.65. The molecule has 0 aliphatic rings. The summed E-state index contributed by atoms with van der Waals surface area (Å²) in [4.78, 5) is 17.0. The van der Waals surface area contributed by atoms with Crippen molar-refractivity contribution in [3.05, 3.63) is 78.6 Å². The van der Waals surface area contributed by atoms with Crippen LogP contribution in [0.4, 0.5) is 5.69 Å². The lowest BCUT2D eigenvalue weighted by atomic mass is 10.2. The van der Waals surface area contributed by atoms with Crippen LogP contribution in [0.3, 0.4) is 0 Å². The van der Waals surface area contributed by atoms with Gasteiger partial charge in [0.25, 0.3) is 0 Å². The lowest BCUT2D eigenvalue weighted by Gasteiger charge is -2.15. The van der Waals surface area contributed by atoms with Gasteiger partial charge in [-0.25, -0.2) is 0 Å². The molecule has 1 atom stereocenters. The number of thioether (sulfide) groups is 1. The van der Waals surface area contributed by atoms with Crippen molar-refractivity contribution in [1.29, 1.82) is 0 Å². The number of hydrogen-bond donors (Lipinski definition) is 1. The summed E-state index contributed by atoms with van der Waals surface area (Å²) in [6.07, 6.45) is 3.43. The van der Waals surface area contributed by atoms with Gasteiger partial charge in [-0.2, -0.15) is 0 Å². The summed E-state index contributed by atoms with van der Waals surface area (Å²) in [5, 5.41) is 12.1. The number of methoxy groups -OCH3 is 1. The molecule has 0 aliphatic heterocycles. The van der Waals surface area contributed by atoms with Crippen LogP contribution in [-0.2, 0) is 4.79 Å². The van der Waals surface area contributed by atoms with Crippen molar-refractivity contribution in [2.75, 3.05) is 12.4 Å². The molecule has 0 aliphatic carbocycles. The number of rotatable bonds is 7. The van der Waals surface area contributed by atoms with Gasteiger partial charge in [-0.05, 0) is 61.9 Å². The van der Waals surface area contributed by atoms with Crippen molar-refractivity contribution in [1.82, 2.24) is 19.7 Å². The van der Waals surface area contributed by atoms with Gasteiger partial charge in [-0.1, -0.05) is 30.0 Å². The lowest BCUT2D eigenvalue weighted by molar-refractivity contribution is -0.115. The number of ether oxygens (including phenoxy) is 1. The summed E-state index contributed by atoms with van der Waals surface area (Å²) in [6, 6.07) is 19.1. The SMILES string of the molecule is COc1ccc(-n2c(S[C@@H](C)C(=O)Nc3ccccc3C)nnc2-c2ccncc2)cc1. The Morgan fingerprint density at radius 3 is 2.44 bits per heavy atom. The summed E-state index contributed by atoms with van der Waals surface area (Å²) in [5.41, 5.74) is 3.57. The Bertz CT molecular complexity index is 1210. The predicted octanol–water partition coefficient (Wildman–Crippen LogP) is 4.77. The average molecular weight is 446 g/mol. The van der Waals surface area contributed by atoms with E-state index in [1.807, 2.05) is 79.1 Å². The minimum absolute atomic E-state index is 0.0981. The number of aryl methyl sites for hydroxylation is 1. The third kappa shape index (κ3) is 4.65. The quantitative estimate of drug-likeness (QED) is 0.413. The number of hydrogen-bond acceptors (Lipinski definition) is 6. The average Bonchev–Trinajstić information content (AvgIpc) is 3.24. The van der Waals surface area contributed by atoms with E-state index in [-0.39, 0.29) is 11.2 Å². The molecule has 1 amide bonds. The van der Waals surface area contributed by atoms with Gasteiger partial charge >= 0.3 is 0 Å². The Labute approximate surface area is 190 Å². The summed E-state index contributed by atoms with van der Waals surface area (Å²) >= 11 is 1.35. The van der Waals surface area contributed by atoms with E-state index in [4.69, 9.17) is 4.74 Å². The first-order valence-electron chi connectivity index (χ1n) is 10.1. The van der Waals surface area contributed by atoms with Gasteiger partial charge in [0.05, 0.1) is 12.4 Å². The maximum absolute atomic E-state index is 12.9. The number of aromatic nitrogens is 4. The molecule has 0 fully saturated rings. The molecule has 4 rings (SSSR count). The second kappa shape index (κ2) is 9.65. The zero-order chi connectivity index (χ0) is 22.5. The zero-order valence-electron chi connectivity index (χ0n) is 18.0. The fourth-order valence-electron chi connectivity index (χ4n) is 3.16. The van der Waals surface area contributed by atoms with E-state index < -0.39 is 0 Å². The van der Waals surface area contributed by atoms with Crippen molar-refractivity contribution in [3.63, 3.8) is 0 Å². The Hall–Kier alpha value is -3.65. The Morgan fingerprint density at radius 2 is 1.75 bits per heavy atom. The lowest BCUT2D eigenvalue weighted by Crippen LogP contribution is -2.23. The maximum atomic E-state index is 12.9. The first-order valence-corrected chi connectivity index (χ1v) is 11.0. The number of para-hydroxylation sites is 1. The number of carbonyl (C=O) groups excluding carboxylic acids is 1. The van der Waals surface area contributed by atoms with Gasteiger partial charge in [0, 0.05) is 29.3 Å². The number of carbonyl (C=O) groups is 1. The molecular weight excluding hydrogens is 422 g/mol. The molecule has 162 valence electrons. The molecule has 0 radical (unpaired) electrons. The molecule has 1 N–H and O–H groups in total. The van der Waals surface area contributed by atoms with Crippen LogP contribution in [0.5, 0.6) is 5.75 Å². The minimum Gasteiger partial charge on any atom is -0.497 e. The minimum atomic E-state index is -0.388. The van der Waals surface area contributed by atoms with Gasteiger partial charge in [-0.3, -0.25) is 14.3 Å². The van der Waals surface area contributed by atoms with Gasteiger partial charge in [0.15, 0.2) is 11.0 Å². The molecule has 0 spiro atoms. The van der Waals surface area contributed by atoms with Crippen LogP contribution < -0.4 is 10.1 Å². The zero-order valence-corrected chi connectivity index (χ0v) is 18.8. The number of nitrogens with zero attached hydrogens (tertiary/aromatic N) is 4. The first kappa shape index (κ1) is 21.6. The molecule has 4 aromatic rings. The van der Waals surface area contributed by atoms with Crippen molar-refractivity contribution in [2.45, 2.75) is 24.3 Å². The normalized spacial score (nSPS) is 11.7. The number of nitrogens with one attached hydrogen (secondary N) is 1. The molecule has 0 unspecified atom stereocenters. The smallest absolute Gasteiger partial charge is 0.237 e. The van der Waals surface area contributed by atoms with E-state index in [2.05, 4.69) is 20.5 Å². The third-order valence-corrected chi connectivity index (χ3v) is 6.00. The predicted molar refractivity (Wildman–Crippen MR) is 126 cm³/mol. The molecule has 32 heavy (non-hydrogen) atoms. The molecular formula is C24H23N5O2S. The summed E-state index contributed by atoms with van der Waals surface area (Å²) in [5.74, 6) is 1.33. The molecule has 7 nitrogen and oxygen atoms in total. The van der Waals surface area contributed by atoms with Gasteiger partial charge in [-0.15, -0.1) is 10.2 Å². The van der Waals surface area contributed by atoms with Crippen molar-refractivity contribution < 1.29 is 9.53 Å². The van der Waals surface area contributed by atoms with Crippen molar-refractivity contribution in [3.8, 4) is 22.8 Å². The van der Waals surface area contributed by atoms with Gasteiger partial charge in [0.1, 0.15) is 5.75 Å². The van der Waals surface area contributed by atoms with Crippen LogP contribution in [0.1, 0.15) is 12.5 Å². The van der Waals surface area contributed by atoms with Crippen LogP contribution in [0, 0.1) is 6.92 Å². The van der Waals surface area contributed by atoms with Crippen molar-refractivity contribution in [2.24, 2.45) is 0 Å². The van der Waals surface area contributed by atoms with Crippen LogP contribution in [-0.4, -0.2) is 38.0 Å². The van der Waals surface area contributed by atoms with Gasteiger partial charge in [0.2, 0.25) is 5.91 Å². The monoisotopic (exact) mass is 445 g/mol. The number of pyridine rings is 1. The Morgan fingerprint density at radius 1 is 1.03 bits per heavy atom. The fraction of sp³-hybridized carbons (Fsp3) is 0.167. The molecule has 2 aromatic carbocycles. The largest absolute Gasteiger partial charge is 0.497 e. The molecule has 0 saturated carbocycles. The topological polar surface area (TPSA) is 81.9 Å². The van der Waals surface area contributed by atoms with Crippen LogP contribution >= 0.6 is 11.8 Å². The number of anilines is 1. The summed E-state index contributed by atoms with van der Waals surface area (Å²) in [6.45, 7) is 3.83. The molecule has 8 heteroatoms. The second-order valence-electron chi connectivity index (χ2n) is 7.14. The first-order chi connectivity index (χ1) is 15.6. The Kier molecular flexibility index (Phi) is 6.51. The van der Waals surface area contributed by atoms with E-state index >= 15 is 0 Å². The van der Waals surface area contributed by atoms with E-state index in [1.54, 1.807) is 19.5 Å². The fourth-order valence-corrected chi connectivity index (χ4v) is 4.02. The highest BCUT2D eigenvalue weighted by Crippen LogP contribution is 2.31. The maximum Gasteiger partial charge on any atom is 0.237 e.